The molecule has 7 heteroatoms. The Kier molecular flexibility index (Phi) is 12.7. The lowest BCUT2D eigenvalue weighted by Crippen LogP contribution is -2.68. The van der Waals surface area contributed by atoms with Crippen LogP contribution in [-0.4, -0.2) is 57.2 Å². The summed E-state index contributed by atoms with van der Waals surface area (Å²) < 4.78 is 33.8. The van der Waals surface area contributed by atoms with Gasteiger partial charge in [-0.3, -0.25) is 0 Å². The predicted molar refractivity (Wildman–Crippen MR) is 204 cm³/mol. The Labute approximate surface area is 304 Å². The lowest BCUT2D eigenvalue weighted by molar-refractivity contribution is -0.264. The lowest BCUT2D eigenvalue weighted by atomic mass is 9.94. The highest BCUT2D eigenvalue weighted by Crippen LogP contribution is 2.38. The van der Waals surface area contributed by atoms with E-state index in [0.717, 1.165) is 16.7 Å². The summed E-state index contributed by atoms with van der Waals surface area (Å²) in [5.41, 5.74) is 3.08. The van der Waals surface area contributed by atoms with Gasteiger partial charge in [0.2, 0.25) is 0 Å². The van der Waals surface area contributed by atoms with Gasteiger partial charge in [0.15, 0.2) is 0 Å². The number of aliphatic hydroxyl groups is 1. The first-order chi connectivity index (χ1) is 24.8. The molecular formula is C44H50O6Si. The molecule has 5 atom stereocenters. The highest BCUT2D eigenvalue weighted by molar-refractivity contribution is 6.99. The molecule has 1 N–H and O–H groups in total. The maximum absolute atomic E-state index is 12.0. The molecule has 51 heavy (non-hydrogen) atoms. The van der Waals surface area contributed by atoms with Crippen LogP contribution in [0, 0.1) is 0 Å². The highest BCUT2D eigenvalue weighted by atomic mass is 28.4. The molecular weight excluding hydrogens is 653 g/mol. The van der Waals surface area contributed by atoms with E-state index >= 15 is 0 Å². The molecule has 1 aliphatic heterocycles. The fraction of sp³-hybridized carbons (Fsp3) is 0.318. The summed E-state index contributed by atoms with van der Waals surface area (Å²) in [6, 6.07) is 51.3. The van der Waals surface area contributed by atoms with Crippen LogP contribution in [0.4, 0.5) is 0 Å². The van der Waals surface area contributed by atoms with E-state index in [2.05, 4.69) is 69.3 Å². The Morgan fingerprint density at radius 1 is 0.529 bits per heavy atom. The van der Waals surface area contributed by atoms with Crippen LogP contribution in [0.1, 0.15) is 37.5 Å². The maximum Gasteiger partial charge on any atom is 0.261 e. The predicted octanol–water partition coefficient (Wildman–Crippen LogP) is 7.08. The van der Waals surface area contributed by atoms with E-state index in [1.165, 1.54) is 10.4 Å². The Morgan fingerprint density at radius 2 is 0.941 bits per heavy atom. The van der Waals surface area contributed by atoms with Crippen molar-refractivity contribution in [3.63, 3.8) is 0 Å². The molecule has 5 aromatic carbocycles. The molecule has 3 unspecified atom stereocenters. The van der Waals surface area contributed by atoms with Gasteiger partial charge in [-0.2, -0.15) is 0 Å². The third-order valence-electron chi connectivity index (χ3n) is 9.60. The van der Waals surface area contributed by atoms with Gasteiger partial charge in [0, 0.05) is 0 Å². The van der Waals surface area contributed by atoms with Gasteiger partial charge < -0.3 is 28.5 Å². The van der Waals surface area contributed by atoms with Crippen molar-refractivity contribution in [1.82, 2.24) is 0 Å². The topological polar surface area (TPSA) is 66.4 Å². The van der Waals surface area contributed by atoms with Crippen LogP contribution < -0.4 is 10.4 Å². The van der Waals surface area contributed by atoms with Gasteiger partial charge in [-0.15, -0.1) is 0 Å². The van der Waals surface area contributed by atoms with E-state index < -0.39 is 38.8 Å². The first-order valence-electron chi connectivity index (χ1n) is 17.9. The molecule has 0 radical (unpaired) electrons. The van der Waals surface area contributed by atoms with Crippen molar-refractivity contribution in [2.75, 3.05) is 13.2 Å². The zero-order chi connectivity index (χ0) is 35.5. The largest absolute Gasteiger partial charge is 0.405 e. The molecule has 1 aliphatic rings. The Bertz CT molecular complexity index is 1680. The van der Waals surface area contributed by atoms with Gasteiger partial charge >= 0.3 is 0 Å². The summed E-state index contributed by atoms with van der Waals surface area (Å²) in [6.07, 6.45) is -3.58. The number of rotatable bonds is 15. The second-order valence-electron chi connectivity index (χ2n) is 14.2. The second kappa shape index (κ2) is 17.5. The van der Waals surface area contributed by atoms with Crippen molar-refractivity contribution < 1.29 is 28.5 Å². The van der Waals surface area contributed by atoms with Crippen LogP contribution in [0.3, 0.4) is 0 Å². The molecule has 6 nitrogen and oxygen atoms in total. The van der Waals surface area contributed by atoms with Crippen LogP contribution in [0.15, 0.2) is 152 Å². The van der Waals surface area contributed by atoms with Crippen LogP contribution >= 0.6 is 0 Å². The summed E-state index contributed by atoms with van der Waals surface area (Å²) in [4.78, 5) is 0. The second-order valence-corrected chi connectivity index (χ2v) is 18.5. The molecule has 0 aromatic heterocycles. The van der Waals surface area contributed by atoms with Gasteiger partial charge in [-0.1, -0.05) is 172 Å². The van der Waals surface area contributed by atoms with Gasteiger partial charge in [0.25, 0.3) is 8.32 Å². The minimum absolute atomic E-state index is 0.183. The zero-order valence-electron chi connectivity index (χ0n) is 29.8. The fourth-order valence-electron chi connectivity index (χ4n) is 7.04. The molecule has 0 aliphatic carbocycles. The van der Waals surface area contributed by atoms with Crippen molar-refractivity contribution in [3.05, 3.63) is 168 Å². The van der Waals surface area contributed by atoms with Gasteiger partial charge in [-0.25, -0.2) is 0 Å². The van der Waals surface area contributed by atoms with Crippen molar-refractivity contribution in [3.8, 4) is 0 Å². The van der Waals surface area contributed by atoms with Crippen molar-refractivity contribution in [1.29, 1.82) is 0 Å². The van der Waals surface area contributed by atoms with Gasteiger partial charge in [0.05, 0.1) is 33.0 Å². The van der Waals surface area contributed by atoms with E-state index in [9.17, 15) is 5.11 Å². The number of hydrogen-bond acceptors (Lipinski definition) is 6. The highest BCUT2D eigenvalue weighted by Gasteiger charge is 2.53. The zero-order valence-corrected chi connectivity index (χ0v) is 30.8. The molecule has 266 valence electrons. The molecule has 5 aromatic rings. The molecule has 1 saturated heterocycles. The van der Waals surface area contributed by atoms with E-state index in [0.29, 0.717) is 19.8 Å². The minimum Gasteiger partial charge on any atom is -0.405 e. The first kappa shape index (κ1) is 36.9. The van der Waals surface area contributed by atoms with E-state index in [-0.39, 0.29) is 18.3 Å². The molecule has 6 rings (SSSR count). The normalized spacial score (nSPS) is 21.0. The van der Waals surface area contributed by atoms with Gasteiger partial charge in [-0.05, 0) is 32.1 Å². The van der Waals surface area contributed by atoms with Crippen molar-refractivity contribution in [2.45, 2.75) is 76.1 Å². The van der Waals surface area contributed by atoms with Crippen LogP contribution in [-0.2, 0) is 43.2 Å². The standard InChI is InChI=1S/C44H50O6Si/c1-44(2,3)51(37-25-15-7-16-26-37,38-27-17-8-18-28-38)49-33-40-42(47-30-35-21-11-5-12-22-35)43(48-31-36-23-13-6-14-24-36)41(45)39(50-40)32-46-29-34-19-9-4-10-20-34/h4-28,39-43,45H,29-33H2,1-3H3/t39-,40+,41?,42?,43?/m1/s1. The quantitative estimate of drug-likeness (QED) is 0.118. The lowest BCUT2D eigenvalue weighted by Gasteiger charge is -2.47. The van der Waals surface area contributed by atoms with E-state index in [4.69, 9.17) is 23.4 Å². The van der Waals surface area contributed by atoms with Crippen LogP contribution in [0.5, 0.6) is 0 Å². The molecule has 0 amide bonds. The summed E-state index contributed by atoms with van der Waals surface area (Å²) >= 11 is 0. The summed E-state index contributed by atoms with van der Waals surface area (Å²) in [7, 11) is -2.92. The number of benzene rings is 5. The Hall–Kier alpha value is -3.92. The number of aliphatic hydroxyl groups excluding tert-OH is 1. The molecule has 0 saturated carbocycles. The average molecular weight is 703 g/mol. The summed E-state index contributed by atoms with van der Waals surface area (Å²) in [6.45, 7) is 8.26. The molecule has 1 fully saturated rings. The molecule has 0 bridgehead atoms. The SMILES string of the molecule is CC(C)(C)[Si](OC[C@@H]1O[C@H](COCc2ccccc2)C(O)C(OCc2ccccc2)C1OCc1ccccc1)(c1ccccc1)c1ccccc1. The number of ether oxygens (including phenoxy) is 4. The summed E-state index contributed by atoms with van der Waals surface area (Å²) in [5, 5.41) is 14.1. The minimum atomic E-state index is -2.92. The molecule has 1 heterocycles. The monoisotopic (exact) mass is 702 g/mol. The van der Waals surface area contributed by atoms with Crippen LogP contribution in [0.25, 0.3) is 0 Å². The molecule has 0 spiro atoms. The average Bonchev–Trinajstić information content (AvgIpc) is 3.16. The maximum atomic E-state index is 12.0. The van der Waals surface area contributed by atoms with Crippen molar-refractivity contribution in [2.24, 2.45) is 0 Å². The van der Waals surface area contributed by atoms with Crippen molar-refractivity contribution >= 4 is 18.7 Å². The van der Waals surface area contributed by atoms with E-state index in [1.54, 1.807) is 0 Å². The Morgan fingerprint density at radius 3 is 1.39 bits per heavy atom. The third-order valence-corrected chi connectivity index (χ3v) is 14.6. The Balaban J connectivity index is 1.34. The fourth-order valence-corrected chi connectivity index (χ4v) is 11.6. The smallest absolute Gasteiger partial charge is 0.261 e. The third kappa shape index (κ3) is 9.12. The summed E-state index contributed by atoms with van der Waals surface area (Å²) in [5.74, 6) is 0. The van der Waals surface area contributed by atoms with Gasteiger partial charge in [0.1, 0.15) is 30.5 Å². The van der Waals surface area contributed by atoms with Crippen LogP contribution in [0.2, 0.25) is 5.04 Å². The first-order valence-corrected chi connectivity index (χ1v) is 19.8. The number of hydrogen-bond donors (Lipinski definition) is 1. The van der Waals surface area contributed by atoms with E-state index in [1.807, 2.05) is 103 Å².